The van der Waals surface area contributed by atoms with Gasteiger partial charge in [0.25, 0.3) is 0 Å². The molecule has 2 aromatic carbocycles. The Morgan fingerprint density at radius 2 is 1.88 bits per heavy atom. The van der Waals surface area contributed by atoms with Crippen LogP contribution >= 0.6 is 0 Å². The topological polar surface area (TPSA) is 97.6 Å². The average Bonchev–Trinajstić information content (AvgIpc) is 3.66. The highest BCUT2D eigenvalue weighted by Crippen LogP contribution is 2.42. The molecule has 0 bridgehead atoms. The molecule has 6 rings (SSSR count). The Morgan fingerprint density at radius 1 is 1.07 bits per heavy atom. The molecule has 1 saturated heterocycles. The van der Waals surface area contributed by atoms with E-state index in [2.05, 4.69) is 53.4 Å². The summed E-state index contributed by atoms with van der Waals surface area (Å²) in [6.45, 7) is 5.62. The van der Waals surface area contributed by atoms with Crippen molar-refractivity contribution in [2.45, 2.75) is 64.2 Å². The lowest BCUT2D eigenvalue weighted by Gasteiger charge is -2.31. The van der Waals surface area contributed by atoms with Crippen molar-refractivity contribution in [2.75, 3.05) is 20.2 Å². The molecule has 1 aliphatic carbocycles. The second kappa shape index (κ2) is 12.0. The highest BCUT2D eigenvalue weighted by molar-refractivity contribution is 5.88. The number of amides is 1. The minimum Gasteiger partial charge on any atom is -0.478 e. The van der Waals surface area contributed by atoms with E-state index >= 15 is 0 Å². The number of carboxylic acids is 1. The van der Waals surface area contributed by atoms with Crippen LogP contribution in [0.4, 0.5) is 4.79 Å². The summed E-state index contributed by atoms with van der Waals surface area (Å²) in [5.74, 6) is 0.515. The summed E-state index contributed by atoms with van der Waals surface area (Å²) in [7, 11) is 1.44. The number of nitrogens with zero attached hydrogens (tertiary/aromatic N) is 4. The SMILES string of the molecule is CCc1c(C(=O)O)cnn1-c1cc(-c2cccc3c2C(Cc2ccc(C4CCN(C(=O)OC)CC4)cc2C)CC3)ccn1. The van der Waals surface area contributed by atoms with Crippen LogP contribution in [-0.4, -0.2) is 57.0 Å². The average molecular weight is 579 g/mol. The molecule has 1 unspecified atom stereocenters. The van der Waals surface area contributed by atoms with E-state index in [0.29, 0.717) is 29.8 Å². The first kappa shape index (κ1) is 28.6. The maximum atomic E-state index is 11.9. The molecule has 0 radical (unpaired) electrons. The number of fused-ring (bicyclic) bond motifs is 1. The van der Waals surface area contributed by atoms with E-state index in [9.17, 15) is 14.7 Å². The molecular weight excluding hydrogens is 540 g/mol. The Kier molecular flexibility index (Phi) is 8.02. The van der Waals surface area contributed by atoms with Crippen LogP contribution in [0.5, 0.6) is 0 Å². The Hall–Kier alpha value is -4.46. The number of piperidine rings is 1. The van der Waals surface area contributed by atoms with Gasteiger partial charge in [0.2, 0.25) is 0 Å². The maximum absolute atomic E-state index is 11.9. The van der Waals surface area contributed by atoms with Crippen molar-refractivity contribution in [3.05, 3.63) is 100.0 Å². The van der Waals surface area contributed by atoms with Crippen LogP contribution in [0.25, 0.3) is 16.9 Å². The van der Waals surface area contributed by atoms with Crippen LogP contribution in [0.1, 0.15) is 81.9 Å². The van der Waals surface area contributed by atoms with E-state index < -0.39 is 5.97 Å². The van der Waals surface area contributed by atoms with Crippen LogP contribution < -0.4 is 0 Å². The largest absolute Gasteiger partial charge is 0.478 e. The van der Waals surface area contributed by atoms with Crippen LogP contribution in [0, 0.1) is 6.92 Å². The molecule has 1 amide bonds. The molecule has 0 saturated carbocycles. The highest BCUT2D eigenvalue weighted by Gasteiger charge is 2.28. The number of carboxylic acid groups (broad SMARTS) is 1. The van der Waals surface area contributed by atoms with Gasteiger partial charge in [0.15, 0.2) is 5.82 Å². The molecule has 43 heavy (non-hydrogen) atoms. The number of hydrogen-bond acceptors (Lipinski definition) is 5. The Bertz CT molecular complexity index is 1670. The number of aromatic carboxylic acids is 1. The van der Waals surface area contributed by atoms with E-state index in [-0.39, 0.29) is 11.7 Å². The van der Waals surface area contributed by atoms with Gasteiger partial charge in [-0.15, -0.1) is 0 Å². The first-order chi connectivity index (χ1) is 20.9. The normalized spacial score (nSPS) is 16.7. The van der Waals surface area contributed by atoms with Crippen molar-refractivity contribution in [1.29, 1.82) is 0 Å². The van der Waals surface area contributed by atoms with Gasteiger partial charge in [0, 0.05) is 19.3 Å². The number of ether oxygens (including phenoxy) is 1. The molecule has 1 fully saturated rings. The summed E-state index contributed by atoms with van der Waals surface area (Å²) in [5.41, 5.74) is 9.99. The molecule has 1 aliphatic heterocycles. The summed E-state index contributed by atoms with van der Waals surface area (Å²) in [6.07, 6.45) is 8.56. The molecule has 8 nitrogen and oxygen atoms in total. The van der Waals surface area contributed by atoms with Gasteiger partial charge in [-0.2, -0.15) is 5.10 Å². The van der Waals surface area contributed by atoms with Crippen LogP contribution in [0.3, 0.4) is 0 Å². The fourth-order valence-corrected chi connectivity index (χ4v) is 7.03. The van der Waals surface area contributed by atoms with Crippen LogP contribution in [0.2, 0.25) is 0 Å². The fraction of sp³-hybridized carbons (Fsp3) is 0.371. The third-order valence-corrected chi connectivity index (χ3v) is 9.31. The zero-order valence-electron chi connectivity index (χ0n) is 25.0. The minimum atomic E-state index is -0.977. The number of methoxy groups -OCH3 is 1. The second-order valence-corrected chi connectivity index (χ2v) is 11.7. The van der Waals surface area contributed by atoms with Crippen molar-refractivity contribution in [1.82, 2.24) is 19.7 Å². The van der Waals surface area contributed by atoms with E-state index in [1.165, 1.54) is 46.7 Å². The number of likely N-dealkylation sites (tertiary alicyclic amines) is 1. The molecule has 1 atom stereocenters. The van der Waals surface area contributed by atoms with Crippen molar-refractivity contribution < 1.29 is 19.4 Å². The van der Waals surface area contributed by atoms with Gasteiger partial charge >= 0.3 is 12.1 Å². The van der Waals surface area contributed by atoms with Crippen molar-refractivity contribution in [2.24, 2.45) is 0 Å². The summed E-state index contributed by atoms with van der Waals surface area (Å²) in [5, 5.41) is 14.0. The monoisotopic (exact) mass is 578 g/mol. The molecule has 4 aromatic rings. The van der Waals surface area contributed by atoms with Crippen LogP contribution in [0.15, 0.2) is 60.9 Å². The predicted octanol–water partition coefficient (Wildman–Crippen LogP) is 6.72. The van der Waals surface area contributed by atoms with E-state index in [0.717, 1.165) is 50.8 Å². The Balaban J connectivity index is 1.24. The van der Waals surface area contributed by atoms with E-state index in [4.69, 9.17) is 4.74 Å². The number of hydrogen-bond donors (Lipinski definition) is 1. The van der Waals surface area contributed by atoms with Gasteiger partial charge in [0.1, 0.15) is 5.56 Å². The first-order valence-corrected chi connectivity index (χ1v) is 15.2. The third-order valence-electron chi connectivity index (χ3n) is 9.31. The van der Waals surface area contributed by atoms with Gasteiger partial charge in [0.05, 0.1) is 19.0 Å². The third kappa shape index (κ3) is 5.54. The van der Waals surface area contributed by atoms with Gasteiger partial charge in [-0.05, 0) is 108 Å². The van der Waals surface area contributed by atoms with Gasteiger partial charge < -0.3 is 14.7 Å². The fourth-order valence-electron chi connectivity index (χ4n) is 7.03. The zero-order chi connectivity index (χ0) is 30.1. The number of rotatable bonds is 7. The summed E-state index contributed by atoms with van der Waals surface area (Å²) in [6, 6.07) is 17.6. The zero-order valence-corrected chi connectivity index (χ0v) is 25.0. The molecule has 1 N–H and O–H groups in total. The van der Waals surface area contributed by atoms with E-state index in [1.54, 1.807) is 15.8 Å². The molecule has 8 heteroatoms. The number of carbonyl (C=O) groups excluding carboxylic acids is 1. The minimum absolute atomic E-state index is 0.211. The number of pyridine rings is 1. The summed E-state index contributed by atoms with van der Waals surface area (Å²) < 4.78 is 6.55. The number of carbonyl (C=O) groups is 2. The number of benzene rings is 2. The van der Waals surface area contributed by atoms with E-state index in [1.807, 2.05) is 19.1 Å². The lowest BCUT2D eigenvalue weighted by molar-refractivity contribution is 0.0695. The molecule has 0 spiro atoms. The molecule has 3 heterocycles. The van der Waals surface area contributed by atoms with Crippen molar-refractivity contribution in [3.63, 3.8) is 0 Å². The quantitative estimate of drug-likeness (QED) is 0.261. The Labute approximate surface area is 252 Å². The number of aryl methyl sites for hydroxylation is 2. The smallest absolute Gasteiger partial charge is 0.409 e. The molecule has 2 aromatic heterocycles. The molecule has 222 valence electrons. The van der Waals surface area contributed by atoms with Crippen molar-refractivity contribution in [3.8, 4) is 16.9 Å². The predicted molar refractivity (Wildman–Crippen MR) is 165 cm³/mol. The van der Waals surface area contributed by atoms with Crippen molar-refractivity contribution >= 4 is 12.1 Å². The molecule has 2 aliphatic rings. The summed E-state index contributed by atoms with van der Waals surface area (Å²) >= 11 is 0. The van der Waals surface area contributed by atoms with Gasteiger partial charge in [-0.3, -0.25) is 0 Å². The standard InChI is InChI=1S/C35H38N4O4/c1-4-31-30(34(40)41)21-37-39(31)32-20-27(12-15-36-32)29-7-5-6-24-8-11-28(33(24)29)19-25-9-10-26(18-22(25)2)23-13-16-38(17-14-23)35(42)43-3/h5-7,9-10,12,15,18,20-21,23,28H,4,8,11,13-14,16-17,19H2,1-3H3,(H,40,41). The Morgan fingerprint density at radius 3 is 2.60 bits per heavy atom. The summed E-state index contributed by atoms with van der Waals surface area (Å²) in [4.78, 5) is 29.9. The highest BCUT2D eigenvalue weighted by atomic mass is 16.5. The number of aromatic nitrogens is 3. The molecular formula is C35H38N4O4. The van der Waals surface area contributed by atoms with Crippen LogP contribution in [-0.2, 0) is 24.0 Å². The second-order valence-electron chi connectivity index (χ2n) is 11.7. The van der Waals surface area contributed by atoms with Gasteiger partial charge in [-0.1, -0.05) is 43.3 Å². The van der Waals surface area contributed by atoms with Gasteiger partial charge in [-0.25, -0.2) is 19.3 Å². The lowest BCUT2D eigenvalue weighted by atomic mass is 9.84. The first-order valence-electron chi connectivity index (χ1n) is 15.2. The maximum Gasteiger partial charge on any atom is 0.409 e. The lowest BCUT2D eigenvalue weighted by Crippen LogP contribution is -2.37.